The number of hydrogen-bond donors (Lipinski definition) is 1. The van der Waals surface area contributed by atoms with Gasteiger partial charge in [0, 0.05) is 30.2 Å². The van der Waals surface area contributed by atoms with E-state index < -0.39 is 0 Å². The lowest BCUT2D eigenvalue weighted by Crippen LogP contribution is -2.00. The number of nitrogens with zero attached hydrogens (tertiary/aromatic N) is 2. The summed E-state index contributed by atoms with van der Waals surface area (Å²) < 4.78 is 13.1. The van der Waals surface area contributed by atoms with Crippen molar-refractivity contribution in [3.05, 3.63) is 42.6 Å². The molecule has 0 aromatic carbocycles. The maximum atomic E-state index is 13.1. The van der Waals surface area contributed by atoms with E-state index in [-0.39, 0.29) is 5.82 Å². The van der Waals surface area contributed by atoms with Crippen molar-refractivity contribution in [2.45, 2.75) is 13.3 Å². The van der Waals surface area contributed by atoms with Crippen LogP contribution >= 0.6 is 0 Å². The van der Waals surface area contributed by atoms with Gasteiger partial charge in [-0.25, -0.2) is 4.39 Å². The van der Waals surface area contributed by atoms with E-state index in [1.807, 2.05) is 12.1 Å². The summed E-state index contributed by atoms with van der Waals surface area (Å²) in [7, 11) is 0. The van der Waals surface area contributed by atoms with Crippen molar-refractivity contribution in [1.29, 1.82) is 0 Å². The van der Waals surface area contributed by atoms with Gasteiger partial charge in [-0.15, -0.1) is 0 Å². The summed E-state index contributed by atoms with van der Waals surface area (Å²) in [4.78, 5) is 8.03. The van der Waals surface area contributed by atoms with Crippen molar-refractivity contribution in [3.63, 3.8) is 0 Å². The lowest BCUT2D eigenvalue weighted by Gasteiger charge is -2.06. The molecule has 4 heteroatoms. The Morgan fingerprint density at radius 3 is 2.94 bits per heavy atom. The zero-order valence-corrected chi connectivity index (χ0v) is 9.65. The number of aromatic nitrogens is 2. The topological polar surface area (TPSA) is 37.8 Å². The predicted molar refractivity (Wildman–Crippen MR) is 66.2 cm³/mol. The van der Waals surface area contributed by atoms with E-state index >= 15 is 0 Å². The molecule has 2 aromatic heterocycles. The Morgan fingerprint density at radius 1 is 1.29 bits per heavy atom. The van der Waals surface area contributed by atoms with Gasteiger partial charge in [-0.05, 0) is 24.6 Å². The minimum Gasteiger partial charge on any atom is -0.385 e. The van der Waals surface area contributed by atoms with Gasteiger partial charge in [0.05, 0.1) is 11.9 Å². The average Bonchev–Trinajstić information content (AvgIpc) is 2.37. The van der Waals surface area contributed by atoms with Crippen molar-refractivity contribution in [2.75, 3.05) is 11.9 Å². The Morgan fingerprint density at radius 2 is 2.18 bits per heavy atom. The van der Waals surface area contributed by atoms with Gasteiger partial charge in [0.25, 0.3) is 0 Å². The zero-order valence-electron chi connectivity index (χ0n) is 9.65. The van der Waals surface area contributed by atoms with Gasteiger partial charge < -0.3 is 5.32 Å². The first-order chi connectivity index (χ1) is 8.29. The van der Waals surface area contributed by atoms with Crippen LogP contribution in [0.4, 0.5) is 10.1 Å². The Labute approximate surface area is 99.7 Å². The van der Waals surface area contributed by atoms with Crippen LogP contribution in [0.25, 0.3) is 11.3 Å². The molecule has 0 amide bonds. The fourth-order valence-electron chi connectivity index (χ4n) is 1.52. The van der Waals surface area contributed by atoms with Gasteiger partial charge in [0.1, 0.15) is 5.82 Å². The highest BCUT2D eigenvalue weighted by atomic mass is 19.1. The van der Waals surface area contributed by atoms with Crippen LogP contribution in [0.2, 0.25) is 0 Å². The summed E-state index contributed by atoms with van der Waals surface area (Å²) in [5.74, 6) is -0.351. The van der Waals surface area contributed by atoms with E-state index in [9.17, 15) is 4.39 Å². The van der Waals surface area contributed by atoms with Gasteiger partial charge >= 0.3 is 0 Å². The fourth-order valence-corrected chi connectivity index (χ4v) is 1.52. The number of pyridine rings is 2. The van der Waals surface area contributed by atoms with Crippen LogP contribution in [0, 0.1) is 5.82 Å². The molecular weight excluding hydrogens is 217 g/mol. The number of hydrogen-bond acceptors (Lipinski definition) is 3. The van der Waals surface area contributed by atoms with Crippen LogP contribution in [-0.2, 0) is 0 Å². The summed E-state index contributed by atoms with van der Waals surface area (Å²) in [6.45, 7) is 3.01. The molecule has 0 aliphatic carbocycles. The molecule has 0 aliphatic heterocycles. The fraction of sp³-hybridized carbons (Fsp3) is 0.231. The molecule has 0 saturated carbocycles. The third-order valence-electron chi connectivity index (χ3n) is 2.34. The zero-order chi connectivity index (χ0) is 12.1. The normalized spacial score (nSPS) is 10.2. The Balaban J connectivity index is 2.26. The number of anilines is 1. The van der Waals surface area contributed by atoms with Crippen LogP contribution in [0.3, 0.4) is 0 Å². The number of nitrogens with one attached hydrogen (secondary N) is 1. The molecule has 2 rings (SSSR count). The first-order valence-corrected chi connectivity index (χ1v) is 5.60. The van der Waals surface area contributed by atoms with Gasteiger partial charge in [0.15, 0.2) is 0 Å². The molecule has 0 atom stereocenters. The van der Waals surface area contributed by atoms with Crippen molar-refractivity contribution in [2.24, 2.45) is 0 Å². The average molecular weight is 231 g/mol. The Bertz CT molecular complexity index is 500. The highest BCUT2D eigenvalue weighted by molar-refractivity contribution is 5.62. The molecule has 0 aliphatic rings. The molecular formula is C13H14FN3. The highest BCUT2D eigenvalue weighted by Crippen LogP contribution is 2.19. The lowest BCUT2D eigenvalue weighted by atomic mass is 10.2. The summed E-state index contributed by atoms with van der Waals surface area (Å²) in [6, 6.07) is 5.22. The van der Waals surface area contributed by atoms with E-state index in [4.69, 9.17) is 0 Å². The highest BCUT2D eigenvalue weighted by Gasteiger charge is 2.02. The molecule has 0 saturated heterocycles. The molecule has 2 heterocycles. The quantitative estimate of drug-likeness (QED) is 0.878. The van der Waals surface area contributed by atoms with Crippen molar-refractivity contribution in [3.8, 4) is 11.3 Å². The van der Waals surface area contributed by atoms with Crippen LogP contribution in [0.5, 0.6) is 0 Å². The maximum Gasteiger partial charge on any atom is 0.142 e. The molecule has 88 valence electrons. The second-order valence-electron chi connectivity index (χ2n) is 3.75. The molecule has 17 heavy (non-hydrogen) atoms. The van der Waals surface area contributed by atoms with Crippen LogP contribution in [0.1, 0.15) is 13.3 Å². The minimum absolute atomic E-state index is 0.351. The van der Waals surface area contributed by atoms with Gasteiger partial charge in [-0.3, -0.25) is 9.97 Å². The first-order valence-electron chi connectivity index (χ1n) is 5.60. The Hall–Kier alpha value is -1.97. The smallest absolute Gasteiger partial charge is 0.142 e. The van der Waals surface area contributed by atoms with Crippen molar-refractivity contribution < 1.29 is 4.39 Å². The molecule has 0 fully saturated rings. The largest absolute Gasteiger partial charge is 0.385 e. The summed E-state index contributed by atoms with van der Waals surface area (Å²) in [5.41, 5.74) is 2.39. The molecule has 0 unspecified atom stereocenters. The van der Waals surface area contributed by atoms with Crippen molar-refractivity contribution >= 4 is 5.69 Å². The van der Waals surface area contributed by atoms with Crippen LogP contribution in [0.15, 0.2) is 36.8 Å². The van der Waals surface area contributed by atoms with Crippen molar-refractivity contribution in [1.82, 2.24) is 9.97 Å². The SMILES string of the molecule is CCCNc1ccnc(-c2cncc(F)c2)c1. The third kappa shape index (κ3) is 3.00. The maximum absolute atomic E-state index is 13.1. The van der Waals surface area contributed by atoms with Crippen LogP contribution < -0.4 is 5.32 Å². The molecule has 0 radical (unpaired) electrons. The van der Waals surface area contributed by atoms with E-state index in [0.29, 0.717) is 5.56 Å². The summed E-state index contributed by atoms with van der Waals surface area (Å²) >= 11 is 0. The van der Waals surface area contributed by atoms with E-state index in [2.05, 4.69) is 22.2 Å². The Kier molecular flexibility index (Phi) is 3.65. The standard InChI is InChI=1S/C13H14FN3/c1-2-4-16-12-3-5-17-13(7-12)10-6-11(14)9-15-8-10/h3,5-9H,2,4H2,1H3,(H,16,17). The van der Waals surface area contributed by atoms with E-state index in [0.717, 1.165) is 24.3 Å². The molecule has 0 bridgehead atoms. The molecule has 2 aromatic rings. The molecule has 3 nitrogen and oxygen atoms in total. The monoisotopic (exact) mass is 231 g/mol. The van der Waals surface area contributed by atoms with E-state index in [1.54, 1.807) is 12.4 Å². The number of halogens is 1. The van der Waals surface area contributed by atoms with Gasteiger partial charge in [0.2, 0.25) is 0 Å². The molecule has 1 N–H and O–H groups in total. The van der Waals surface area contributed by atoms with Crippen LogP contribution in [-0.4, -0.2) is 16.5 Å². The molecule has 0 spiro atoms. The first kappa shape index (κ1) is 11.5. The van der Waals surface area contributed by atoms with E-state index in [1.165, 1.54) is 12.3 Å². The summed E-state index contributed by atoms with van der Waals surface area (Å²) in [5, 5.41) is 3.26. The summed E-state index contributed by atoms with van der Waals surface area (Å²) in [6.07, 6.45) is 5.55. The lowest BCUT2D eigenvalue weighted by molar-refractivity contribution is 0.622. The third-order valence-corrected chi connectivity index (χ3v) is 2.34. The number of rotatable bonds is 4. The predicted octanol–water partition coefficient (Wildman–Crippen LogP) is 3.10. The van der Waals surface area contributed by atoms with Gasteiger partial charge in [-0.1, -0.05) is 6.92 Å². The minimum atomic E-state index is -0.351. The second-order valence-corrected chi connectivity index (χ2v) is 3.75. The van der Waals surface area contributed by atoms with Gasteiger partial charge in [-0.2, -0.15) is 0 Å². The second kappa shape index (κ2) is 5.39.